The van der Waals surface area contributed by atoms with E-state index in [0.29, 0.717) is 13.2 Å². The number of nitrogens with zero attached hydrogens (tertiary/aromatic N) is 1. The van der Waals surface area contributed by atoms with E-state index < -0.39 is 24.1 Å². The fourth-order valence-corrected chi connectivity index (χ4v) is 2.54. The molecule has 3 N–H and O–H groups in total. The Bertz CT molecular complexity index is 343. The number of carboxylic acid groups (broad SMARTS) is 1. The van der Waals surface area contributed by atoms with Crippen LogP contribution in [0.15, 0.2) is 0 Å². The summed E-state index contributed by atoms with van der Waals surface area (Å²) in [6.45, 7) is 1.16. The summed E-state index contributed by atoms with van der Waals surface area (Å²) < 4.78 is 5.49. The highest BCUT2D eigenvalue weighted by Gasteiger charge is 2.39. The average molecular weight is 272 g/mol. The van der Waals surface area contributed by atoms with Gasteiger partial charge >= 0.3 is 12.0 Å². The van der Waals surface area contributed by atoms with Crippen LogP contribution in [0.25, 0.3) is 0 Å². The second-order valence-electron chi connectivity index (χ2n) is 5.07. The predicted molar refractivity (Wildman–Crippen MR) is 65.7 cm³/mol. The van der Waals surface area contributed by atoms with Gasteiger partial charge in [0.25, 0.3) is 0 Å². The number of amides is 2. The molecule has 2 aliphatic rings. The van der Waals surface area contributed by atoms with Crippen molar-refractivity contribution in [1.82, 2.24) is 10.2 Å². The Kier molecular flexibility index (Phi) is 4.60. The normalized spacial score (nSPS) is 31.2. The van der Waals surface area contributed by atoms with Crippen molar-refractivity contribution in [1.29, 1.82) is 0 Å². The number of nitrogens with one attached hydrogen (secondary N) is 1. The van der Waals surface area contributed by atoms with Gasteiger partial charge in [-0.1, -0.05) is 0 Å². The van der Waals surface area contributed by atoms with Crippen LogP contribution in [0.3, 0.4) is 0 Å². The van der Waals surface area contributed by atoms with Gasteiger partial charge < -0.3 is 25.2 Å². The molecule has 19 heavy (non-hydrogen) atoms. The molecule has 7 heteroatoms. The maximum atomic E-state index is 11.9. The summed E-state index contributed by atoms with van der Waals surface area (Å²) in [7, 11) is 0. The van der Waals surface area contributed by atoms with E-state index in [4.69, 9.17) is 9.84 Å². The van der Waals surface area contributed by atoms with Gasteiger partial charge in [0.2, 0.25) is 0 Å². The molecule has 2 rings (SSSR count). The molecule has 2 fully saturated rings. The number of β-amino-alcohol motifs (C(OH)–C–C–N with tert-alkyl or cyclic N) is 1. The predicted octanol–water partition coefficient (Wildman–Crippen LogP) is -0.215. The molecule has 0 radical (unpaired) electrons. The zero-order valence-electron chi connectivity index (χ0n) is 10.7. The van der Waals surface area contributed by atoms with Gasteiger partial charge in [-0.2, -0.15) is 0 Å². The Morgan fingerprint density at radius 3 is 2.79 bits per heavy atom. The summed E-state index contributed by atoms with van der Waals surface area (Å²) in [5, 5.41) is 21.2. The van der Waals surface area contributed by atoms with E-state index in [2.05, 4.69) is 5.32 Å². The summed E-state index contributed by atoms with van der Waals surface area (Å²) in [5.41, 5.74) is 0. The van der Waals surface area contributed by atoms with Gasteiger partial charge in [-0.25, -0.2) is 9.59 Å². The number of ether oxygens (including phenoxy) is 1. The fraction of sp³-hybridized carbons (Fsp3) is 0.833. The lowest BCUT2D eigenvalue weighted by molar-refractivity contribution is -0.141. The molecule has 7 nitrogen and oxygen atoms in total. The maximum Gasteiger partial charge on any atom is 0.326 e. The van der Waals surface area contributed by atoms with Gasteiger partial charge in [-0.15, -0.1) is 0 Å². The van der Waals surface area contributed by atoms with Crippen LogP contribution in [0, 0.1) is 0 Å². The zero-order chi connectivity index (χ0) is 13.8. The van der Waals surface area contributed by atoms with E-state index in [1.165, 1.54) is 4.90 Å². The molecule has 108 valence electrons. The molecular formula is C12H20N2O5. The number of urea groups is 1. The third-order valence-electron chi connectivity index (χ3n) is 3.58. The van der Waals surface area contributed by atoms with Crippen molar-refractivity contribution < 1.29 is 24.5 Å². The second-order valence-corrected chi connectivity index (χ2v) is 5.07. The van der Waals surface area contributed by atoms with Gasteiger partial charge in [0.15, 0.2) is 0 Å². The summed E-state index contributed by atoms with van der Waals surface area (Å²) in [4.78, 5) is 24.1. The average Bonchev–Trinajstić information content (AvgIpc) is 2.79. The molecule has 2 amide bonds. The molecule has 2 heterocycles. The van der Waals surface area contributed by atoms with E-state index in [9.17, 15) is 14.7 Å². The maximum absolute atomic E-state index is 11.9. The van der Waals surface area contributed by atoms with Crippen molar-refractivity contribution in [2.45, 2.75) is 43.9 Å². The van der Waals surface area contributed by atoms with Crippen LogP contribution in [-0.4, -0.2) is 65.1 Å². The molecule has 0 aromatic carbocycles. The third kappa shape index (κ3) is 3.57. The van der Waals surface area contributed by atoms with Crippen molar-refractivity contribution in [3.8, 4) is 0 Å². The summed E-state index contributed by atoms with van der Waals surface area (Å²) in [6, 6.07) is -1.39. The number of rotatable bonds is 3. The highest BCUT2D eigenvalue weighted by Crippen LogP contribution is 2.18. The Labute approximate surface area is 111 Å². The first-order valence-electron chi connectivity index (χ1n) is 6.65. The Hall–Kier alpha value is -1.34. The van der Waals surface area contributed by atoms with E-state index in [0.717, 1.165) is 19.3 Å². The zero-order valence-corrected chi connectivity index (χ0v) is 10.7. The molecule has 3 atom stereocenters. The minimum absolute atomic E-state index is 0.00787. The molecule has 0 aliphatic carbocycles. The van der Waals surface area contributed by atoms with Gasteiger partial charge in [-0.3, -0.25) is 0 Å². The van der Waals surface area contributed by atoms with E-state index in [-0.39, 0.29) is 19.1 Å². The summed E-state index contributed by atoms with van der Waals surface area (Å²) in [5.74, 6) is -1.08. The SMILES string of the molecule is O=C(O)[C@@H]1C[C@@H](O)CN1C(=O)NCC1CCCCO1. The summed E-state index contributed by atoms with van der Waals surface area (Å²) >= 11 is 0. The quantitative estimate of drug-likeness (QED) is 0.660. The Morgan fingerprint density at radius 2 is 2.16 bits per heavy atom. The van der Waals surface area contributed by atoms with Crippen molar-refractivity contribution in [3.63, 3.8) is 0 Å². The van der Waals surface area contributed by atoms with Crippen molar-refractivity contribution in [3.05, 3.63) is 0 Å². The van der Waals surface area contributed by atoms with Crippen molar-refractivity contribution in [2.24, 2.45) is 0 Å². The van der Waals surface area contributed by atoms with Crippen LogP contribution in [0.1, 0.15) is 25.7 Å². The number of hydrogen-bond donors (Lipinski definition) is 3. The molecule has 0 spiro atoms. The molecule has 2 aliphatic heterocycles. The lowest BCUT2D eigenvalue weighted by Gasteiger charge is -2.26. The van der Waals surface area contributed by atoms with Crippen LogP contribution in [0.5, 0.6) is 0 Å². The second kappa shape index (κ2) is 6.21. The number of hydrogen-bond acceptors (Lipinski definition) is 4. The first-order valence-corrected chi connectivity index (χ1v) is 6.65. The number of likely N-dealkylation sites (tertiary alicyclic amines) is 1. The largest absolute Gasteiger partial charge is 0.480 e. The molecule has 0 aromatic heterocycles. The smallest absolute Gasteiger partial charge is 0.326 e. The standard InChI is InChI=1S/C12H20N2O5/c15-8-5-10(11(16)17)14(7-8)12(18)13-6-9-3-1-2-4-19-9/h8-10,15H,1-7H2,(H,13,18)(H,16,17)/t8-,9?,10+/m1/s1. The van der Waals surface area contributed by atoms with E-state index in [1.807, 2.05) is 0 Å². The fourth-order valence-electron chi connectivity index (χ4n) is 2.54. The van der Waals surface area contributed by atoms with Gasteiger partial charge in [-0.05, 0) is 19.3 Å². The topological polar surface area (TPSA) is 99.1 Å². The molecule has 2 saturated heterocycles. The molecule has 0 bridgehead atoms. The Balaban J connectivity index is 1.82. The summed E-state index contributed by atoms with van der Waals surface area (Å²) in [6.07, 6.45) is 2.37. The number of carbonyl (C=O) groups is 2. The van der Waals surface area contributed by atoms with Crippen LogP contribution in [0.4, 0.5) is 4.79 Å². The van der Waals surface area contributed by atoms with Gasteiger partial charge in [0.1, 0.15) is 6.04 Å². The minimum atomic E-state index is -1.08. The first-order chi connectivity index (χ1) is 9.08. The Morgan fingerprint density at radius 1 is 1.37 bits per heavy atom. The molecule has 0 saturated carbocycles. The van der Waals surface area contributed by atoms with Crippen LogP contribution >= 0.6 is 0 Å². The number of aliphatic hydroxyl groups excluding tert-OH is 1. The minimum Gasteiger partial charge on any atom is -0.480 e. The number of aliphatic carboxylic acids is 1. The lowest BCUT2D eigenvalue weighted by Crippen LogP contribution is -2.48. The number of aliphatic hydroxyl groups is 1. The highest BCUT2D eigenvalue weighted by atomic mass is 16.5. The van der Waals surface area contributed by atoms with Crippen LogP contribution in [0.2, 0.25) is 0 Å². The van der Waals surface area contributed by atoms with Crippen LogP contribution in [-0.2, 0) is 9.53 Å². The van der Waals surface area contributed by atoms with Crippen LogP contribution < -0.4 is 5.32 Å². The van der Waals surface area contributed by atoms with Gasteiger partial charge in [0.05, 0.1) is 12.2 Å². The third-order valence-corrected chi connectivity index (χ3v) is 3.58. The van der Waals surface area contributed by atoms with E-state index in [1.54, 1.807) is 0 Å². The monoisotopic (exact) mass is 272 g/mol. The molecule has 1 unspecified atom stereocenters. The van der Waals surface area contributed by atoms with E-state index >= 15 is 0 Å². The molecular weight excluding hydrogens is 252 g/mol. The van der Waals surface area contributed by atoms with Gasteiger partial charge in [0, 0.05) is 26.1 Å². The molecule has 0 aromatic rings. The van der Waals surface area contributed by atoms with Crippen molar-refractivity contribution >= 4 is 12.0 Å². The number of carboxylic acids is 1. The number of carbonyl (C=O) groups excluding carboxylic acids is 1. The van der Waals surface area contributed by atoms with Crippen molar-refractivity contribution in [2.75, 3.05) is 19.7 Å². The first kappa shape index (κ1) is 14.1. The highest BCUT2D eigenvalue weighted by molar-refractivity contribution is 5.83. The lowest BCUT2D eigenvalue weighted by atomic mass is 10.1.